The molecular formula is C21H26F2N2O4. The van der Waals surface area contributed by atoms with E-state index in [-0.39, 0.29) is 24.1 Å². The SMILES string of the molecule is C[C@@H]1[C@H](C)CCC[C@H]1N1C[C@H](C(=O)OCC(=O)Nc2ccc(F)cc2F)CC1=O. The van der Waals surface area contributed by atoms with Crippen LogP contribution in [0.1, 0.15) is 39.5 Å². The smallest absolute Gasteiger partial charge is 0.311 e. The molecular weight excluding hydrogens is 382 g/mol. The molecule has 1 aliphatic heterocycles. The number of hydrogen-bond acceptors (Lipinski definition) is 4. The molecule has 1 N–H and O–H groups in total. The van der Waals surface area contributed by atoms with Gasteiger partial charge in [-0.2, -0.15) is 0 Å². The highest BCUT2D eigenvalue weighted by atomic mass is 19.1. The Labute approximate surface area is 168 Å². The van der Waals surface area contributed by atoms with Crippen LogP contribution >= 0.6 is 0 Å². The zero-order valence-corrected chi connectivity index (χ0v) is 16.6. The Kier molecular flexibility index (Phi) is 6.49. The molecule has 2 aliphatic rings. The van der Waals surface area contributed by atoms with Crippen molar-refractivity contribution in [2.24, 2.45) is 17.8 Å². The second-order valence-corrected chi connectivity index (χ2v) is 8.06. The lowest BCUT2D eigenvalue weighted by Crippen LogP contribution is -2.45. The molecule has 1 saturated carbocycles. The number of benzene rings is 1. The number of likely N-dealkylation sites (tertiary alicyclic amines) is 1. The Hall–Kier alpha value is -2.51. The van der Waals surface area contributed by atoms with Gasteiger partial charge in [0.1, 0.15) is 11.6 Å². The van der Waals surface area contributed by atoms with Crippen molar-refractivity contribution in [3.8, 4) is 0 Å². The fourth-order valence-electron chi connectivity index (χ4n) is 4.24. The number of nitrogens with zero attached hydrogens (tertiary/aromatic N) is 1. The van der Waals surface area contributed by atoms with Crippen LogP contribution in [-0.4, -0.2) is 41.9 Å². The van der Waals surface area contributed by atoms with E-state index in [1.807, 2.05) is 0 Å². The Morgan fingerprint density at radius 1 is 1.24 bits per heavy atom. The summed E-state index contributed by atoms with van der Waals surface area (Å²) in [6, 6.07) is 2.88. The van der Waals surface area contributed by atoms with Crippen LogP contribution in [-0.2, 0) is 19.1 Å². The molecule has 1 saturated heterocycles. The average Bonchev–Trinajstić information content (AvgIpc) is 3.06. The minimum atomic E-state index is -0.919. The summed E-state index contributed by atoms with van der Waals surface area (Å²) in [5.74, 6) is -2.80. The molecule has 6 nitrogen and oxygen atoms in total. The topological polar surface area (TPSA) is 75.7 Å². The number of ether oxygens (including phenoxy) is 1. The number of carbonyl (C=O) groups is 3. The van der Waals surface area contributed by atoms with E-state index < -0.39 is 36.0 Å². The molecule has 1 aromatic rings. The third kappa shape index (κ3) is 4.92. The van der Waals surface area contributed by atoms with Gasteiger partial charge in [-0.1, -0.05) is 26.7 Å². The van der Waals surface area contributed by atoms with Gasteiger partial charge in [0.05, 0.1) is 11.6 Å². The van der Waals surface area contributed by atoms with Crippen molar-refractivity contribution in [2.75, 3.05) is 18.5 Å². The van der Waals surface area contributed by atoms with Crippen LogP contribution in [0.3, 0.4) is 0 Å². The molecule has 1 aromatic carbocycles. The standard InChI is InChI=1S/C21H26F2N2O4/c1-12-4-3-5-18(13(12)2)25-10-14(8-20(25)27)21(28)29-11-19(26)24-17-7-6-15(22)9-16(17)23/h6-7,9,12-14,18H,3-5,8,10-11H2,1-2H3,(H,24,26)/t12-,13-,14-,18-/m1/s1. The Bertz CT molecular complexity index is 801. The number of amides is 2. The first-order chi connectivity index (χ1) is 13.8. The lowest BCUT2D eigenvalue weighted by atomic mass is 9.77. The number of esters is 1. The van der Waals surface area contributed by atoms with E-state index in [1.54, 1.807) is 4.90 Å². The minimum absolute atomic E-state index is 0.0595. The maximum atomic E-state index is 13.6. The van der Waals surface area contributed by atoms with Gasteiger partial charge in [-0.3, -0.25) is 14.4 Å². The highest BCUT2D eigenvalue weighted by molar-refractivity contribution is 5.93. The summed E-state index contributed by atoms with van der Waals surface area (Å²) in [6.07, 6.45) is 3.22. The fourth-order valence-corrected chi connectivity index (χ4v) is 4.24. The summed E-state index contributed by atoms with van der Waals surface area (Å²) in [5, 5.41) is 2.23. The molecule has 1 aliphatic carbocycles. The van der Waals surface area contributed by atoms with Crippen LogP contribution < -0.4 is 5.32 Å². The van der Waals surface area contributed by atoms with Crippen LogP contribution in [0, 0.1) is 29.4 Å². The summed E-state index contributed by atoms with van der Waals surface area (Å²) in [6.45, 7) is 4.03. The van der Waals surface area contributed by atoms with Crippen LogP contribution in [0.4, 0.5) is 14.5 Å². The predicted octanol–water partition coefficient (Wildman–Crippen LogP) is 3.12. The van der Waals surface area contributed by atoms with Crippen molar-refractivity contribution < 1.29 is 27.9 Å². The molecule has 158 valence electrons. The van der Waals surface area contributed by atoms with Crippen molar-refractivity contribution in [3.63, 3.8) is 0 Å². The van der Waals surface area contributed by atoms with Gasteiger partial charge in [0.25, 0.3) is 5.91 Å². The molecule has 0 radical (unpaired) electrons. The Morgan fingerprint density at radius 3 is 2.72 bits per heavy atom. The average molecular weight is 408 g/mol. The minimum Gasteiger partial charge on any atom is -0.455 e. The summed E-state index contributed by atoms with van der Waals surface area (Å²) >= 11 is 0. The predicted molar refractivity (Wildman–Crippen MR) is 102 cm³/mol. The zero-order chi connectivity index (χ0) is 21.1. The van der Waals surface area contributed by atoms with Crippen LogP contribution in [0.5, 0.6) is 0 Å². The van der Waals surface area contributed by atoms with E-state index in [9.17, 15) is 23.2 Å². The molecule has 0 unspecified atom stereocenters. The van der Waals surface area contributed by atoms with Gasteiger partial charge < -0.3 is 15.0 Å². The Morgan fingerprint density at radius 2 is 2.00 bits per heavy atom. The maximum absolute atomic E-state index is 13.6. The first-order valence-electron chi connectivity index (χ1n) is 9.97. The van der Waals surface area contributed by atoms with Crippen molar-refractivity contribution in [2.45, 2.75) is 45.6 Å². The molecule has 0 bridgehead atoms. The van der Waals surface area contributed by atoms with E-state index in [0.717, 1.165) is 31.4 Å². The summed E-state index contributed by atoms with van der Waals surface area (Å²) in [5.41, 5.74) is -0.199. The second kappa shape index (κ2) is 8.88. The third-order valence-corrected chi connectivity index (χ3v) is 6.11. The summed E-state index contributed by atoms with van der Waals surface area (Å²) in [4.78, 5) is 38.5. The van der Waals surface area contributed by atoms with Crippen molar-refractivity contribution >= 4 is 23.5 Å². The summed E-state index contributed by atoms with van der Waals surface area (Å²) < 4.78 is 31.5. The number of carbonyl (C=O) groups excluding carboxylic acids is 3. The van der Waals surface area contributed by atoms with E-state index in [2.05, 4.69) is 19.2 Å². The van der Waals surface area contributed by atoms with Crippen LogP contribution in [0.15, 0.2) is 18.2 Å². The van der Waals surface area contributed by atoms with E-state index >= 15 is 0 Å². The molecule has 3 rings (SSSR count). The number of halogens is 2. The van der Waals surface area contributed by atoms with Gasteiger partial charge in [-0.25, -0.2) is 8.78 Å². The van der Waals surface area contributed by atoms with Gasteiger partial charge in [0.15, 0.2) is 6.61 Å². The lowest BCUT2D eigenvalue weighted by molar-refractivity contribution is -0.151. The van der Waals surface area contributed by atoms with E-state index in [0.29, 0.717) is 24.4 Å². The number of anilines is 1. The first-order valence-corrected chi connectivity index (χ1v) is 9.97. The molecule has 8 heteroatoms. The first kappa shape index (κ1) is 21.2. The van der Waals surface area contributed by atoms with Crippen LogP contribution in [0.2, 0.25) is 0 Å². The fraction of sp³-hybridized carbons (Fsp3) is 0.571. The molecule has 2 fully saturated rings. The van der Waals surface area contributed by atoms with Crippen molar-refractivity contribution in [1.82, 2.24) is 4.90 Å². The number of rotatable bonds is 5. The van der Waals surface area contributed by atoms with E-state index in [4.69, 9.17) is 4.74 Å². The molecule has 0 aromatic heterocycles. The molecule has 1 heterocycles. The highest BCUT2D eigenvalue weighted by Crippen LogP contribution is 2.35. The van der Waals surface area contributed by atoms with Crippen molar-refractivity contribution in [3.05, 3.63) is 29.8 Å². The number of nitrogens with one attached hydrogen (secondary N) is 1. The third-order valence-electron chi connectivity index (χ3n) is 6.11. The van der Waals surface area contributed by atoms with Gasteiger partial charge >= 0.3 is 5.97 Å². The van der Waals surface area contributed by atoms with Gasteiger partial charge in [-0.15, -0.1) is 0 Å². The molecule has 4 atom stereocenters. The molecule has 0 spiro atoms. The van der Waals surface area contributed by atoms with Crippen molar-refractivity contribution in [1.29, 1.82) is 0 Å². The quantitative estimate of drug-likeness (QED) is 0.760. The largest absolute Gasteiger partial charge is 0.455 e. The van der Waals surface area contributed by atoms with Gasteiger partial charge in [0, 0.05) is 25.1 Å². The zero-order valence-electron chi connectivity index (χ0n) is 16.6. The van der Waals surface area contributed by atoms with Gasteiger partial charge in [-0.05, 0) is 30.4 Å². The molecule has 2 amide bonds. The number of hydrogen-bond donors (Lipinski definition) is 1. The maximum Gasteiger partial charge on any atom is 0.311 e. The summed E-state index contributed by atoms with van der Waals surface area (Å²) in [7, 11) is 0. The van der Waals surface area contributed by atoms with E-state index in [1.165, 1.54) is 0 Å². The lowest BCUT2D eigenvalue weighted by Gasteiger charge is -2.39. The monoisotopic (exact) mass is 408 g/mol. The van der Waals surface area contributed by atoms with Crippen LogP contribution in [0.25, 0.3) is 0 Å². The normalized spacial score (nSPS) is 27.0. The van der Waals surface area contributed by atoms with Gasteiger partial charge in [0.2, 0.25) is 5.91 Å². The molecule has 29 heavy (non-hydrogen) atoms. The second-order valence-electron chi connectivity index (χ2n) is 8.06. The Balaban J connectivity index is 1.51. The highest BCUT2D eigenvalue weighted by Gasteiger charge is 2.42.